The zero-order chi connectivity index (χ0) is 17.6. The Balaban J connectivity index is 1.50. The predicted octanol–water partition coefficient (Wildman–Crippen LogP) is 3.22. The first-order valence-corrected chi connectivity index (χ1v) is 10.2. The number of aliphatic hydroxyl groups is 1. The molecule has 2 amide bonds. The van der Waals surface area contributed by atoms with E-state index in [-0.39, 0.29) is 18.6 Å². The molecule has 2 aromatic heterocycles. The summed E-state index contributed by atoms with van der Waals surface area (Å²) in [5.41, 5.74) is 0. The largest absolute Gasteiger partial charge is 0.445 e. The van der Waals surface area contributed by atoms with Gasteiger partial charge in [0.25, 0.3) is 0 Å². The summed E-state index contributed by atoms with van der Waals surface area (Å²) in [6.07, 6.45) is 6.24. The van der Waals surface area contributed by atoms with E-state index in [9.17, 15) is 9.90 Å². The smallest absolute Gasteiger partial charge is 0.323 e. The summed E-state index contributed by atoms with van der Waals surface area (Å²) in [5.74, 6) is 2.40. The van der Waals surface area contributed by atoms with Crippen molar-refractivity contribution in [2.75, 3.05) is 25.0 Å². The van der Waals surface area contributed by atoms with Crippen LogP contribution in [0.25, 0.3) is 0 Å². The van der Waals surface area contributed by atoms with Gasteiger partial charge in [-0.1, -0.05) is 18.3 Å². The van der Waals surface area contributed by atoms with Crippen molar-refractivity contribution < 1.29 is 14.3 Å². The summed E-state index contributed by atoms with van der Waals surface area (Å²) in [6, 6.07) is -0.149. The molecule has 1 aliphatic rings. The van der Waals surface area contributed by atoms with Crippen molar-refractivity contribution in [1.82, 2.24) is 14.9 Å². The van der Waals surface area contributed by atoms with E-state index in [4.69, 9.17) is 4.42 Å². The standard InChI is InChI=1S/C16H22N4O3S2/c1-2-12-6-17-13(23-12)10-24-14-7-18-15(25-14)19-16(22)20-5-3-4-11(8-20)9-21/h6-7,11,21H,2-5,8-10H2,1H3,(H,18,19,22). The number of nitrogens with zero attached hydrogens (tertiary/aromatic N) is 3. The molecule has 2 N–H and O–H groups in total. The normalized spacial score (nSPS) is 17.7. The van der Waals surface area contributed by atoms with Crippen LogP contribution in [0.5, 0.6) is 0 Å². The summed E-state index contributed by atoms with van der Waals surface area (Å²) < 4.78 is 6.58. The number of aryl methyl sites for hydroxylation is 1. The summed E-state index contributed by atoms with van der Waals surface area (Å²) in [7, 11) is 0. The van der Waals surface area contributed by atoms with E-state index in [0.717, 1.165) is 35.8 Å². The molecule has 7 nitrogen and oxygen atoms in total. The van der Waals surface area contributed by atoms with E-state index in [1.54, 1.807) is 29.1 Å². The van der Waals surface area contributed by atoms with Crippen LogP contribution < -0.4 is 5.32 Å². The lowest BCUT2D eigenvalue weighted by Gasteiger charge is -2.31. The number of aliphatic hydroxyl groups excluding tert-OH is 1. The monoisotopic (exact) mass is 382 g/mol. The minimum Gasteiger partial charge on any atom is -0.445 e. The van der Waals surface area contributed by atoms with Gasteiger partial charge < -0.3 is 14.4 Å². The number of anilines is 1. The highest BCUT2D eigenvalue weighted by Crippen LogP contribution is 2.31. The number of carbonyl (C=O) groups is 1. The quantitative estimate of drug-likeness (QED) is 0.746. The number of likely N-dealkylation sites (tertiary alicyclic amines) is 1. The Morgan fingerprint density at radius 1 is 1.52 bits per heavy atom. The van der Waals surface area contributed by atoms with Gasteiger partial charge in [0.1, 0.15) is 5.76 Å². The second kappa shape index (κ2) is 8.68. The van der Waals surface area contributed by atoms with Crippen LogP contribution in [0, 0.1) is 5.92 Å². The van der Waals surface area contributed by atoms with E-state index in [1.165, 1.54) is 11.3 Å². The van der Waals surface area contributed by atoms with Crippen LogP contribution in [0.4, 0.5) is 9.93 Å². The maximum Gasteiger partial charge on any atom is 0.323 e. The summed E-state index contributed by atoms with van der Waals surface area (Å²) >= 11 is 3.02. The number of hydrogen-bond acceptors (Lipinski definition) is 7. The first-order valence-electron chi connectivity index (χ1n) is 8.37. The van der Waals surface area contributed by atoms with Gasteiger partial charge >= 0.3 is 6.03 Å². The molecule has 0 aliphatic carbocycles. The van der Waals surface area contributed by atoms with Gasteiger partial charge in [0.05, 0.1) is 22.4 Å². The number of thiazole rings is 1. The molecule has 2 aromatic rings. The zero-order valence-corrected chi connectivity index (χ0v) is 15.7. The van der Waals surface area contributed by atoms with Crippen LogP contribution in [0.1, 0.15) is 31.4 Å². The predicted molar refractivity (Wildman–Crippen MR) is 98.0 cm³/mol. The Kier molecular flexibility index (Phi) is 6.33. The second-order valence-corrected chi connectivity index (χ2v) is 8.22. The number of urea groups is 1. The van der Waals surface area contributed by atoms with Crippen molar-refractivity contribution in [2.24, 2.45) is 5.92 Å². The van der Waals surface area contributed by atoms with Crippen molar-refractivity contribution in [3.05, 3.63) is 24.0 Å². The van der Waals surface area contributed by atoms with E-state index in [2.05, 4.69) is 15.3 Å². The molecule has 1 saturated heterocycles. The first kappa shape index (κ1) is 18.2. The first-order chi connectivity index (χ1) is 12.2. The van der Waals surface area contributed by atoms with Gasteiger partial charge in [-0.3, -0.25) is 5.32 Å². The molecule has 1 aliphatic heterocycles. The van der Waals surface area contributed by atoms with Crippen LogP contribution >= 0.6 is 23.1 Å². The molecule has 0 aromatic carbocycles. The number of carbonyl (C=O) groups excluding carboxylic acids is 1. The summed E-state index contributed by atoms with van der Waals surface area (Å²) in [5, 5.41) is 12.7. The van der Waals surface area contributed by atoms with E-state index < -0.39 is 0 Å². The summed E-state index contributed by atoms with van der Waals surface area (Å²) in [4.78, 5) is 22.6. The van der Waals surface area contributed by atoms with Gasteiger partial charge in [-0.25, -0.2) is 14.8 Å². The van der Waals surface area contributed by atoms with Gasteiger partial charge in [0.15, 0.2) is 5.13 Å². The Morgan fingerprint density at radius 2 is 2.40 bits per heavy atom. The average Bonchev–Trinajstić information content (AvgIpc) is 3.29. The lowest BCUT2D eigenvalue weighted by molar-refractivity contribution is 0.136. The molecule has 136 valence electrons. The van der Waals surface area contributed by atoms with Gasteiger partial charge in [0.2, 0.25) is 5.89 Å². The van der Waals surface area contributed by atoms with Crippen molar-refractivity contribution in [3.63, 3.8) is 0 Å². The Morgan fingerprint density at radius 3 is 3.16 bits per heavy atom. The molecule has 25 heavy (non-hydrogen) atoms. The van der Waals surface area contributed by atoms with Crippen LogP contribution in [0.3, 0.4) is 0 Å². The number of nitrogens with one attached hydrogen (secondary N) is 1. The molecular weight excluding hydrogens is 360 g/mol. The Labute approximate surface area is 154 Å². The highest BCUT2D eigenvalue weighted by molar-refractivity contribution is 8.00. The molecule has 3 rings (SSSR count). The molecule has 0 saturated carbocycles. The van der Waals surface area contributed by atoms with Crippen molar-refractivity contribution in [2.45, 2.75) is 36.1 Å². The lowest BCUT2D eigenvalue weighted by Crippen LogP contribution is -2.43. The summed E-state index contributed by atoms with van der Waals surface area (Å²) in [6.45, 7) is 3.47. The molecular formula is C16H22N4O3S2. The number of aromatic nitrogens is 2. The molecule has 0 spiro atoms. The molecule has 0 radical (unpaired) electrons. The molecule has 0 bridgehead atoms. The molecule has 3 heterocycles. The van der Waals surface area contributed by atoms with Gasteiger partial charge in [-0.2, -0.15) is 0 Å². The number of rotatable bonds is 6. The van der Waals surface area contributed by atoms with Crippen molar-refractivity contribution >= 4 is 34.3 Å². The van der Waals surface area contributed by atoms with Gasteiger partial charge in [0, 0.05) is 26.1 Å². The number of piperidine rings is 1. The Bertz CT molecular complexity index is 703. The number of oxazole rings is 1. The van der Waals surface area contributed by atoms with Gasteiger partial charge in [-0.15, -0.1) is 11.8 Å². The van der Waals surface area contributed by atoms with Crippen molar-refractivity contribution in [1.29, 1.82) is 0 Å². The molecule has 9 heteroatoms. The number of thioether (sulfide) groups is 1. The third kappa shape index (κ3) is 4.96. The van der Waals surface area contributed by atoms with E-state index in [1.807, 2.05) is 6.92 Å². The molecule has 1 fully saturated rings. The maximum atomic E-state index is 12.3. The highest BCUT2D eigenvalue weighted by atomic mass is 32.2. The van der Waals surface area contributed by atoms with Crippen LogP contribution in [-0.4, -0.2) is 45.7 Å². The number of hydrogen-bond donors (Lipinski definition) is 2. The van der Waals surface area contributed by atoms with Crippen LogP contribution in [-0.2, 0) is 12.2 Å². The second-order valence-electron chi connectivity index (χ2n) is 5.91. The van der Waals surface area contributed by atoms with Gasteiger partial charge in [-0.05, 0) is 18.8 Å². The fourth-order valence-corrected chi connectivity index (χ4v) is 4.38. The fraction of sp³-hybridized carbons (Fsp3) is 0.562. The van der Waals surface area contributed by atoms with Crippen LogP contribution in [0.2, 0.25) is 0 Å². The van der Waals surface area contributed by atoms with E-state index >= 15 is 0 Å². The Hall–Kier alpha value is -1.58. The van der Waals surface area contributed by atoms with Crippen LogP contribution in [0.15, 0.2) is 21.0 Å². The molecule has 1 unspecified atom stereocenters. The third-order valence-corrected chi connectivity index (χ3v) is 6.14. The molecule has 1 atom stereocenters. The maximum absolute atomic E-state index is 12.3. The minimum atomic E-state index is -0.149. The third-order valence-electron chi connectivity index (χ3n) is 4.05. The van der Waals surface area contributed by atoms with Crippen molar-refractivity contribution in [3.8, 4) is 0 Å². The fourth-order valence-electron chi connectivity index (χ4n) is 2.66. The van der Waals surface area contributed by atoms with E-state index in [0.29, 0.717) is 23.3 Å². The number of amides is 2. The minimum absolute atomic E-state index is 0.127. The zero-order valence-electron chi connectivity index (χ0n) is 14.1. The lowest BCUT2D eigenvalue weighted by atomic mass is 9.99. The highest BCUT2D eigenvalue weighted by Gasteiger charge is 2.23. The SMILES string of the molecule is CCc1cnc(CSc2cnc(NC(=O)N3CCCC(CO)C3)s2)o1. The average molecular weight is 383 g/mol. The topological polar surface area (TPSA) is 91.5 Å².